The molecule has 0 fully saturated rings. The van der Waals surface area contributed by atoms with Crippen LogP contribution in [0.5, 0.6) is 5.75 Å². The number of amides is 1. The molecule has 0 heterocycles. The van der Waals surface area contributed by atoms with Crippen LogP contribution in [0.25, 0.3) is 0 Å². The fourth-order valence-electron chi connectivity index (χ4n) is 2.07. The molecule has 1 amide bonds. The second-order valence-corrected chi connectivity index (χ2v) is 5.59. The first kappa shape index (κ1) is 18.4. The first-order valence-electron chi connectivity index (χ1n) is 7.81. The maximum Gasteiger partial charge on any atom is 0.344 e. The fraction of sp³-hybridized carbons (Fsp3) is 0.263. The van der Waals surface area contributed by atoms with Crippen molar-refractivity contribution in [3.8, 4) is 5.75 Å². The summed E-state index contributed by atoms with van der Waals surface area (Å²) in [5.74, 6) is -0.965. The number of carbonyl (C=O) groups is 2. The summed E-state index contributed by atoms with van der Waals surface area (Å²) in [4.78, 5) is 23.3. The molecule has 0 bridgehead atoms. The van der Waals surface area contributed by atoms with Gasteiger partial charge in [-0.15, -0.1) is 0 Å². The van der Waals surface area contributed by atoms with Crippen LogP contribution in [0.3, 0.4) is 0 Å². The Balaban J connectivity index is 1.71. The van der Waals surface area contributed by atoms with Crippen molar-refractivity contribution < 1.29 is 23.5 Å². The Hall–Kier alpha value is -2.89. The molecule has 0 saturated carbocycles. The zero-order chi connectivity index (χ0) is 18.2. The first-order chi connectivity index (χ1) is 12.0. The third-order valence-electron chi connectivity index (χ3n) is 3.49. The summed E-state index contributed by atoms with van der Waals surface area (Å²) >= 11 is 0. The minimum Gasteiger partial charge on any atom is -0.482 e. The highest BCUT2D eigenvalue weighted by Gasteiger charge is 2.10. The van der Waals surface area contributed by atoms with Crippen molar-refractivity contribution in [1.29, 1.82) is 0 Å². The lowest BCUT2D eigenvalue weighted by molar-refractivity contribution is -0.150. The molecule has 0 radical (unpaired) electrons. The lowest BCUT2D eigenvalue weighted by atomic mass is 10.1. The molecule has 0 spiro atoms. The average molecular weight is 345 g/mol. The first-order valence-corrected chi connectivity index (χ1v) is 7.81. The smallest absolute Gasteiger partial charge is 0.344 e. The molecule has 5 nitrogen and oxygen atoms in total. The summed E-state index contributed by atoms with van der Waals surface area (Å²) in [6, 6.07) is 11.8. The van der Waals surface area contributed by atoms with Crippen molar-refractivity contribution in [2.75, 3.05) is 13.2 Å². The molecule has 1 N–H and O–H groups in total. The van der Waals surface area contributed by atoms with Crippen LogP contribution in [-0.4, -0.2) is 25.1 Å². The summed E-state index contributed by atoms with van der Waals surface area (Å²) in [5, 5.41) is 2.49. The monoisotopic (exact) mass is 345 g/mol. The minimum atomic E-state index is -0.651. The van der Waals surface area contributed by atoms with Gasteiger partial charge in [0.15, 0.2) is 13.2 Å². The predicted molar refractivity (Wildman–Crippen MR) is 90.6 cm³/mol. The van der Waals surface area contributed by atoms with E-state index in [1.54, 1.807) is 18.2 Å². The Morgan fingerprint density at radius 1 is 1.08 bits per heavy atom. The molecule has 132 valence electrons. The van der Waals surface area contributed by atoms with Crippen LogP contribution in [-0.2, 0) is 20.9 Å². The number of halogens is 1. The molecule has 0 atom stereocenters. The lowest BCUT2D eigenvalue weighted by Gasteiger charge is -2.10. The zero-order valence-electron chi connectivity index (χ0n) is 14.2. The summed E-state index contributed by atoms with van der Waals surface area (Å²) in [6.45, 7) is 3.09. The molecular weight excluding hydrogens is 325 g/mol. The van der Waals surface area contributed by atoms with Crippen molar-refractivity contribution in [2.24, 2.45) is 0 Å². The van der Waals surface area contributed by atoms with Gasteiger partial charge in [-0.3, -0.25) is 4.79 Å². The minimum absolute atomic E-state index is 0.0298. The van der Waals surface area contributed by atoms with E-state index < -0.39 is 24.3 Å². The average Bonchev–Trinajstić information content (AvgIpc) is 2.60. The van der Waals surface area contributed by atoms with Crippen molar-refractivity contribution in [2.45, 2.75) is 20.4 Å². The van der Waals surface area contributed by atoms with Crippen LogP contribution < -0.4 is 10.1 Å². The quantitative estimate of drug-likeness (QED) is 0.784. The molecule has 6 heteroatoms. The van der Waals surface area contributed by atoms with E-state index in [0.29, 0.717) is 11.3 Å². The van der Waals surface area contributed by atoms with E-state index in [-0.39, 0.29) is 13.2 Å². The van der Waals surface area contributed by atoms with Crippen LogP contribution in [0.2, 0.25) is 0 Å². The second-order valence-electron chi connectivity index (χ2n) is 5.59. The standard InChI is InChI=1S/C19H20FNO4/c1-13-7-8-14(2)17(9-13)24-12-19(23)25-11-18(22)21-10-15-5-3-4-6-16(15)20/h3-9H,10-12H2,1-2H3,(H,21,22). The summed E-state index contributed by atoms with van der Waals surface area (Å²) in [7, 11) is 0. The highest BCUT2D eigenvalue weighted by atomic mass is 19.1. The highest BCUT2D eigenvalue weighted by Crippen LogP contribution is 2.18. The van der Waals surface area contributed by atoms with E-state index in [9.17, 15) is 14.0 Å². The fourth-order valence-corrected chi connectivity index (χ4v) is 2.07. The number of ether oxygens (including phenoxy) is 2. The van der Waals surface area contributed by atoms with Crippen molar-refractivity contribution in [3.05, 3.63) is 65.0 Å². The van der Waals surface area contributed by atoms with Crippen LogP contribution >= 0.6 is 0 Å². The Kier molecular flexibility index (Phi) is 6.51. The molecule has 0 aliphatic heterocycles. The Bertz CT molecular complexity index is 761. The number of aryl methyl sites for hydroxylation is 2. The van der Waals surface area contributed by atoms with E-state index >= 15 is 0 Å². The van der Waals surface area contributed by atoms with Crippen molar-refractivity contribution in [3.63, 3.8) is 0 Å². The topological polar surface area (TPSA) is 64.6 Å². The number of hydrogen-bond donors (Lipinski definition) is 1. The SMILES string of the molecule is Cc1ccc(C)c(OCC(=O)OCC(=O)NCc2ccccc2F)c1. The number of carbonyl (C=O) groups excluding carboxylic acids is 2. The highest BCUT2D eigenvalue weighted by molar-refractivity contribution is 5.80. The number of nitrogens with one attached hydrogen (secondary N) is 1. The number of rotatable bonds is 7. The third-order valence-corrected chi connectivity index (χ3v) is 3.49. The molecule has 2 aromatic rings. The summed E-state index contributed by atoms with van der Waals surface area (Å²) in [5.41, 5.74) is 2.28. The normalized spacial score (nSPS) is 10.2. The van der Waals surface area contributed by atoms with Gasteiger partial charge in [0.1, 0.15) is 11.6 Å². The van der Waals surface area contributed by atoms with Crippen molar-refractivity contribution >= 4 is 11.9 Å². The van der Waals surface area contributed by atoms with E-state index in [0.717, 1.165) is 11.1 Å². The van der Waals surface area contributed by atoms with E-state index in [1.165, 1.54) is 6.07 Å². The van der Waals surface area contributed by atoms with Gasteiger partial charge in [-0.1, -0.05) is 30.3 Å². The van der Waals surface area contributed by atoms with Gasteiger partial charge in [-0.05, 0) is 37.1 Å². The predicted octanol–water partition coefficient (Wildman–Crippen LogP) is 2.68. The molecule has 2 aromatic carbocycles. The number of benzene rings is 2. The van der Waals surface area contributed by atoms with Gasteiger partial charge in [-0.25, -0.2) is 9.18 Å². The van der Waals surface area contributed by atoms with E-state index in [2.05, 4.69) is 5.32 Å². The van der Waals surface area contributed by atoms with Crippen LogP contribution in [0, 0.1) is 19.7 Å². The maximum absolute atomic E-state index is 13.4. The van der Waals surface area contributed by atoms with Gasteiger partial charge >= 0.3 is 5.97 Å². The maximum atomic E-state index is 13.4. The summed E-state index contributed by atoms with van der Waals surface area (Å²) in [6.07, 6.45) is 0. The Labute approximate surface area is 145 Å². The van der Waals surface area contributed by atoms with Crippen LogP contribution in [0.4, 0.5) is 4.39 Å². The largest absolute Gasteiger partial charge is 0.482 e. The molecular formula is C19H20FNO4. The Morgan fingerprint density at radius 3 is 2.60 bits per heavy atom. The Morgan fingerprint density at radius 2 is 1.84 bits per heavy atom. The van der Waals surface area contributed by atoms with Gasteiger partial charge in [0.2, 0.25) is 0 Å². The molecule has 0 aliphatic carbocycles. The molecule has 0 saturated heterocycles. The summed E-state index contributed by atoms with van der Waals surface area (Å²) < 4.78 is 23.7. The second kappa shape index (κ2) is 8.82. The zero-order valence-corrected chi connectivity index (χ0v) is 14.2. The third kappa shape index (κ3) is 5.91. The molecule has 0 aromatic heterocycles. The van der Waals surface area contributed by atoms with Crippen LogP contribution in [0.15, 0.2) is 42.5 Å². The van der Waals surface area contributed by atoms with Gasteiger partial charge in [0, 0.05) is 12.1 Å². The van der Waals surface area contributed by atoms with E-state index in [1.807, 2.05) is 32.0 Å². The van der Waals surface area contributed by atoms with Gasteiger partial charge in [0.25, 0.3) is 5.91 Å². The lowest BCUT2D eigenvalue weighted by Crippen LogP contribution is -2.29. The van der Waals surface area contributed by atoms with E-state index in [4.69, 9.17) is 9.47 Å². The van der Waals surface area contributed by atoms with Gasteiger partial charge < -0.3 is 14.8 Å². The molecule has 25 heavy (non-hydrogen) atoms. The molecule has 0 unspecified atom stereocenters. The number of esters is 1. The van der Waals surface area contributed by atoms with Crippen LogP contribution in [0.1, 0.15) is 16.7 Å². The molecule has 0 aliphatic rings. The van der Waals surface area contributed by atoms with Gasteiger partial charge in [-0.2, -0.15) is 0 Å². The van der Waals surface area contributed by atoms with Gasteiger partial charge in [0.05, 0.1) is 0 Å². The number of hydrogen-bond acceptors (Lipinski definition) is 4. The van der Waals surface area contributed by atoms with Crippen molar-refractivity contribution in [1.82, 2.24) is 5.32 Å². The molecule has 2 rings (SSSR count).